The first-order chi connectivity index (χ1) is 8.20. The lowest BCUT2D eigenvalue weighted by molar-refractivity contribution is 0.242. The summed E-state index contributed by atoms with van der Waals surface area (Å²) in [5.74, 6) is 0. The monoisotopic (exact) mass is 252 g/mol. The van der Waals surface area contributed by atoms with Crippen LogP contribution in [0, 0.1) is 6.92 Å². The van der Waals surface area contributed by atoms with E-state index in [4.69, 9.17) is 11.6 Å². The van der Waals surface area contributed by atoms with E-state index in [1.165, 1.54) is 24.9 Å². The number of benzene rings is 1. The fraction of sp³-hybridized carbons (Fsp3) is 0.571. The summed E-state index contributed by atoms with van der Waals surface area (Å²) in [4.78, 5) is 2.55. The number of nitrogens with zero attached hydrogens (tertiary/aromatic N) is 1. The molecule has 1 aliphatic rings. The van der Waals surface area contributed by atoms with Crippen LogP contribution in [-0.2, 0) is 6.54 Å². The largest absolute Gasteiger partial charge is 0.318 e. The van der Waals surface area contributed by atoms with E-state index in [9.17, 15) is 0 Å². The van der Waals surface area contributed by atoms with Crippen LogP contribution in [0.4, 0.5) is 0 Å². The Hall–Kier alpha value is -0.570. The molecule has 0 aromatic heterocycles. The average molecular weight is 253 g/mol. The molecule has 0 radical (unpaired) electrons. The Kier molecular flexibility index (Phi) is 4.43. The van der Waals surface area contributed by atoms with Crippen LogP contribution in [0.1, 0.15) is 24.0 Å². The summed E-state index contributed by atoms with van der Waals surface area (Å²) in [6.45, 7) is 5.36. The smallest absolute Gasteiger partial charge is 0.0438 e. The van der Waals surface area contributed by atoms with Crippen molar-refractivity contribution in [3.8, 4) is 0 Å². The number of likely N-dealkylation sites (tertiary alicyclic amines) is 1. The maximum atomic E-state index is 6.17. The van der Waals surface area contributed by atoms with E-state index in [0.29, 0.717) is 6.04 Å². The third-order valence-electron chi connectivity index (χ3n) is 3.56. The molecule has 0 spiro atoms. The van der Waals surface area contributed by atoms with Gasteiger partial charge in [-0.3, -0.25) is 4.90 Å². The molecule has 1 heterocycles. The lowest BCUT2D eigenvalue weighted by Gasteiger charge is -2.24. The maximum absolute atomic E-state index is 6.17. The summed E-state index contributed by atoms with van der Waals surface area (Å²) in [6.07, 6.45) is 2.62. The van der Waals surface area contributed by atoms with Gasteiger partial charge in [-0.15, -0.1) is 0 Å². The number of nitrogens with one attached hydrogen (secondary N) is 1. The molecule has 1 aromatic carbocycles. The third-order valence-corrected chi connectivity index (χ3v) is 3.97. The van der Waals surface area contributed by atoms with Gasteiger partial charge < -0.3 is 5.32 Å². The summed E-state index contributed by atoms with van der Waals surface area (Å²) in [7, 11) is 2.03. The summed E-state index contributed by atoms with van der Waals surface area (Å²) >= 11 is 6.17. The van der Waals surface area contributed by atoms with E-state index < -0.39 is 0 Å². The van der Waals surface area contributed by atoms with Crippen LogP contribution in [0.15, 0.2) is 18.2 Å². The topological polar surface area (TPSA) is 15.3 Å². The van der Waals surface area contributed by atoms with E-state index in [1.807, 2.05) is 14.0 Å². The SMILES string of the molecule is CNCC1CCCN1Cc1ccc(C)c(Cl)c1. The third kappa shape index (κ3) is 3.21. The van der Waals surface area contributed by atoms with Gasteiger partial charge in [0.25, 0.3) is 0 Å². The van der Waals surface area contributed by atoms with Crippen LogP contribution in [-0.4, -0.2) is 31.1 Å². The first-order valence-electron chi connectivity index (χ1n) is 6.34. The van der Waals surface area contributed by atoms with Crippen LogP contribution < -0.4 is 5.32 Å². The molecule has 2 nitrogen and oxygen atoms in total. The van der Waals surface area contributed by atoms with Crippen molar-refractivity contribution in [2.75, 3.05) is 20.1 Å². The van der Waals surface area contributed by atoms with Crippen molar-refractivity contribution in [2.24, 2.45) is 0 Å². The van der Waals surface area contributed by atoms with Gasteiger partial charge >= 0.3 is 0 Å². The molecule has 0 saturated carbocycles. The Balaban J connectivity index is 2.02. The van der Waals surface area contributed by atoms with Crippen molar-refractivity contribution >= 4 is 11.6 Å². The molecular formula is C14H21ClN2. The number of rotatable bonds is 4. The van der Waals surface area contributed by atoms with Crippen molar-refractivity contribution in [2.45, 2.75) is 32.4 Å². The van der Waals surface area contributed by atoms with E-state index in [2.05, 4.69) is 28.4 Å². The Labute approximate surface area is 109 Å². The molecule has 0 aliphatic carbocycles. The summed E-state index contributed by atoms with van der Waals surface area (Å²) < 4.78 is 0. The molecule has 1 atom stereocenters. The number of hydrogen-bond donors (Lipinski definition) is 1. The number of likely N-dealkylation sites (N-methyl/N-ethyl adjacent to an activating group) is 1. The van der Waals surface area contributed by atoms with E-state index >= 15 is 0 Å². The van der Waals surface area contributed by atoms with Crippen LogP contribution in [0.3, 0.4) is 0 Å². The lowest BCUT2D eigenvalue weighted by Crippen LogP contribution is -2.36. The molecule has 1 N–H and O–H groups in total. The van der Waals surface area contributed by atoms with Gasteiger partial charge in [-0.2, -0.15) is 0 Å². The predicted molar refractivity (Wildman–Crippen MR) is 73.5 cm³/mol. The number of hydrogen-bond acceptors (Lipinski definition) is 2. The lowest BCUT2D eigenvalue weighted by atomic mass is 10.1. The van der Waals surface area contributed by atoms with Crippen molar-refractivity contribution in [3.63, 3.8) is 0 Å². The average Bonchev–Trinajstić information content (AvgIpc) is 2.72. The Bertz CT molecular complexity index is 378. The molecule has 1 aliphatic heterocycles. The van der Waals surface area contributed by atoms with Gasteiger partial charge in [0.1, 0.15) is 0 Å². The Morgan fingerprint density at radius 1 is 1.47 bits per heavy atom. The summed E-state index contributed by atoms with van der Waals surface area (Å²) in [5.41, 5.74) is 2.48. The van der Waals surface area contributed by atoms with Crippen LogP contribution in [0.2, 0.25) is 5.02 Å². The number of halogens is 1. The molecule has 3 heteroatoms. The van der Waals surface area contributed by atoms with Crippen LogP contribution >= 0.6 is 11.6 Å². The van der Waals surface area contributed by atoms with Gasteiger partial charge in [-0.1, -0.05) is 23.7 Å². The van der Waals surface area contributed by atoms with E-state index in [1.54, 1.807) is 0 Å². The molecule has 1 aromatic rings. The van der Waals surface area contributed by atoms with Gasteiger partial charge in [0.15, 0.2) is 0 Å². The van der Waals surface area contributed by atoms with Crippen molar-refractivity contribution < 1.29 is 0 Å². The zero-order chi connectivity index (χ0) is 12.3. The Morgan fingerprint density at radius 3 is 3.00 bits per heavy atom. The highest BCUT2D eigenvalue weighted by atomic mass is 35.5. The molecule has 0 bridgehead atoms. The second kappa shape index (κ2) is 5.85. The zero-order valence-electron chi connectivity index (χ0n) is 10.7. The fourth-order valence-corrected chi connectivity index (χ4v) is 2.74. The summed E-state index contributed by atoms with van der Waals surface area (Å²) in [5, 5.41) is 4.16. The van der Waals surface area contributed by atoms with Gasteiger partial charge in [-0.25, -0.2) is 0 Å². The highest BCUT2D eigenvalue weighted by Crippen LogP contribution is 2.22. The van der Waals surface area contributed by atoms with Gasteiger partial charge in [0.2, 0.25) is 0 Å². The maximum Gasteiger partial charge on any atom is 0.0438 e. The normalized spacial score (nSPS) is 21.0. The molecule has 1 unspecified atom stereocenters. The van der Waals surface area contributed by atoms with E-state index in [0.717, 1.165) is 23.7 Å². The molecule has 0 amide bonds. The minimum Gasteiger partial charge on any atom is -0.318 e. The first kappa shape index (κ1) is 12.9. The predicted octanol–water partition coefficient (Wildman–Crippen LogP) is 2.83. The van der Waals surface area contributed by atoms with Crippen molar-refractivity contribution in [3.05, 3.63) is 34.3 Å². The van der Waals surface area contributed by atoms with Crippen LogP contribution in [0.25, 0.3) is 0 Å². The summed E-state index contributed by atoms with van der Waals surface area (Å²) in [6, 6.07) is 7.09. The quantitative estimate of drug-likeness (QED) is 0.887. The van der Waals surface area contributed by atoms with E-state index in [-0.39, 0.29) is 0 Å². The molecular weight excluding hydrogens is 232 g/mol. The minimum absolute atomic E-state index is 0.681. The first-order valence-corrected chi connectivity index (χ1v) is 6.72. The standard InChI is InChI=1S/C14H21ClN2/c1-11-5-6-12(8-14(11)15)10-17-7-3-4-13(17)9-16-2/h5-6,8,13,16H,3-4,7,9-10H2,1-2H3. The van der Waals surface area contributed by atoms with Crippen molar-refractivity contribution in [1.29, 1.82) is 0 Å². The minimum atomic E-state index is 0.681. The van der Waals surface area contributed by atoms with Crippen molar-refractivity contribution in [1.82, 2.24) is 10.2 Å². The second-order valence-corrected chi connectivity index (χ2v) is 5.31. The molecule has 94 valence electrons. The molecule has 1 saturated heterocycles. The number of aryl methyl sites for hydroxylation is 1. The highest BCUT2D eigenvalue weighted by molar-refractivity contribution is 6.31. The van der Waals surface area contributed by atoms with Crippen LogP contribution in [0.5, 0.6) is 0 Å². The Morgan fingerprint density at radius 2 is 2.29 bits per heavy atom. The highest BCUT2D eigenvalue weighted by Gasteiger charge is 2.23. The van der Waals surface area contributed by atoms with Gasteiger partial charge in [0.05, 0.1) is 0 Å². The second-order valence-electron chi connectivity index (χ2n) is 4.91. The van der Waals surface area contributed by atoms with Gasteiger partial charge in [0, 0.05) is 24.2 Å². The fourth-order valence-electron chi connectivity index (χ4n) is 2.54. The molecule has 17 heavy (non-hydrogen) atoms. The van der Waals surface area contributed by atoms with Gasteiger partial charge in [-0.05, 0) is 50.6 Å². The molecule has 2 rings (SSSR count). The molecule has 1 fully saturated rings. The zero-order valence-corrected chi connectivity index (χ0v) is 11.4.